The topological polar surface area (TPSA) is 38.9 Å². The van der Waals surface area contributed by atoms with Crippen LogP contribution in [0.25, 0.3) is 22.1 Å². The lowest BCUT2D eigenvalue weighted by Gasteiger charge is -2.03. The van der Waals surface area contributed by atoms with E-state index in [1.54, 1.807) is 11.8 Å². The fourth-order valence-electron chi connectivity index (χ4n) is 2.44. The van der Waals surface area contributed by atoms with Crippen molar-refractivity contribution in [3.63, 3.8) is 0 Å². The second-order valence-electron chi connectivity index (χ2n) is 4.99. The maximum Gasteiger partial charge on any atom is 0.186 e. The summed E-state index contributed by atoms with van der Waals surface area (Å²) in [6.45, 7) is 2.07. The van der Waals surface area contributed by atoms with Crippen molar-refractivity contribution in [1.82, 2.24) is 9.97 Å². The fourth-order valence-corrected chi connectivity index (χ4v) is 3.34. The van der Waals surface area contributed by atoms with E-state index in [2.05, 4.69) is 29.0 Å². The van der Waals surface area contributed by atoms with E-state index in [1.165, 1.54) is 0 Å². The Hall–Kier alpha value is -2.33. The second-order valence-corrected chi connectivity index (χ2v) is 6.05. The van der Waals surface area contributed by atoms with Crippen LogP contribution in [0.15, 0.2) is 68.9 Å². The molecule has 0 bridgehead atoms. The molecule has 108 valence electrons. The van der Waals surface area contributed by atoms with E-state index in [0.29, 0.717) is 0 Å². The van der Waals surface area contributed by atoms with Crippen molar-refractivity contribution >= 4 is 33.8 Å². The van der Waals surface area contributed by atoms with E-state index in [9.17, 15) is 0 Å². The summed E-state index contributed by atoms with van der Waals surface area (Å²) < 4.78 is 6.01. The predicted molar refractivity (Wildman–Crippen MR) is 89.3 cm³/mol. The van der Waals surface area contributed by atoms with Gasteiger partial charge in [-0.25, -0.2) is 9.97 Å². The number of aryl methyl sites for hydroxylation is 1. The van der Waals surface area contributed by atoms with Gasteiger partial charge in [0.1, 0.15) is 22.0 Å². The van der Waals surface area contributed by atoms with Gasteiger partial charge in [0.2, 0.25) is 0 Å². The molecule has 0 saturated carbocycles. The number of hydrogen-bond donors (Lipinski definition) is 0. The smallest absolute Gasteiger partial charge is 0.186 e. The molecule has 4 heteroatoms. The van der Waals surface area contributed by atoms with Crippen LogP contribution in [0.1, 0.15) is 12.7 Å². The van der Waals surface area contributed by atoms with Gasteiger partial charge in [-0.2, -0.15) is 0 Å². The van der Waals surface area contributed by atoms with Gasteiger partial charge < -0.3 is 4.42 Å². The molecule has 0 aliphatic rings. The molecule has 22 heavy (non-hydrogen) atoms. The van der Waals surface area contributed by atoms with Crippen molar-refractivity contribution in [3.05, 3.63) is 60.4 Å². The van der Waals surface area contributed by atoms with Crippen LogP contribution < -0.4 is 0 Å². The van der Waals surface area contributed by atoms with Crippen molar-refractivity contribution in [2.45, 2.75) is 23.3 Å². The Labute approximate surface area is 132 Å². The Morgan fingerprint density at radius 2 is 1.73 bits per heavy atom. The molecule has 0 spiro atoms. The molecule has 4 rings (SSSR count). The number of benzene rings is 2. The van der Waals surface area contributed by atoms with Crippen LogP contribution in [-0.2, 0) is 6.42 Å². The summed E-state index contributed by atoms with van der Waals surface area (Å²) in [5, 5.41) is 1.92. The molecular formula is C18H14N2OS. The Morgan fingerprint density at radius 3 is 2.55 bits per heavy atom. The summed E-state index contributed by atoms with van der Waals surface area (Å²) in [5.74, 6) is 0.845. The SMILES string of the molecule is CCc1nc(Sc2ccccc2)c2oc3ccccc3c2n1. The maximum absolute atomic E-state index is 6.01. The highest BCUT2D eigenvalue weighted by Crippen LogP contribution is 2.36. The summed E-state index contributed by atoms with van der Waals surface area (Å²) in [7, 11) is 0. The third-order valence-corrected chi connectivity index (χ3v) is 4.49. The third kappa shape index (κ3) is 2.25. The molecule has 0 atom stereocenters. The zero-order valence-corrected chi connectivity index (χ0v) is 12.9. The third-order valence-electron chi connectivity index (χ3n) is 3.51. The largest absolute Gasteiger partial charge is 0.451 e. The quantitative estimate of drug-likeness (QED) is 0.494. The highest BCUT2D eigenvalue weighted by atomic mass is 32.2. The number of fused-ring (bicyclic) bond motifs is 3. The average molecular weight is 306 g/mol. The van der Waals surface area contributed by atoms with Crippen LogP contribution in [0.2, 0.25) is 0 Å². The molecule has 0 aliphatic carbocycles. The van der Waals surface area contributed by atoms with Gasteiger partial charge in [0.05, 0.1) is 0 Å². The first-order valence-corrected chi connectivity index (χ1v) is 8.08. The first kappa shape index (κ1) is 13.3. The van der Waals surface area contributed by atoms with Crippen LogP contribution in [0.5, 0.6) is 0 Å². The standard InChI is InChI=1S/C18H14N2OS/c1-2-15-19-16-13-10-6-7-11-14(13)21-17(16)18(20-15)22-12-8-4-3-5-9-12/h3-11H,2H2,1H3. The van der Waals surface area contributed by atoms with Crippen molar-refractivity contribution in [2.75, 3.05) is 0 Å². The molecule has 4 aromatic rings. The zero-order valence-electron chi connectivity index (χ0n) is 12.1. The minimum Gasteiger partial charge on any atom is -0.451 e. The van der Waals surface area contributed by atoms with Gasteiger partial charge in [-0.1, -0.05) is 49.0 Å². The van der Waals surface area contributed by atoms with Gasteiger partial charge >= 0.3 is 0 Å². The monoisotopic (exact) mass is 306 g/mol. The highest BCUT2D eigenvalue weighted by Gasteiger charge is 2.15. The molecular weight excluding hydrogens is 292 g/mol. The molecule has 0 aliphatic heterocycles. The Morgan fingerprint density at radius 1 is 0.955 bits per heavy atom. The normalized spacial score (nSPS) is 11.3. The highest BCUT2D eigenvalue weighted by molar-refractivity contribution is 7.99. The van der Waals surface area contributed by atoms with Gasteiger partial charge in [-0.15, -0.1) is 0 Å². The number of aromatic nitrogens is 2. The molecule has 0 radical (unpaired) electrons. The Bertz CT molecular complexity index is 947. The van der Waals surface area contributed by atoms with Crippen LogP contribution in [0.3, 0.4) is 0 Å². The molecule has 0 saturated heterocycles. The molecule has 0 unspecified atom stereocenters. The number of hydrogen-bond acceptors (Lipinski definition) is 4. The van der Waals surface area contributed by atoms with Gasteiger partial charge in [-0.3, -0.25) is 0 Å². The number of furan rings is 1. The summed E-state index contributed by atoms with van der Waals surface area (Å²) in [6, 6.07) is 18.2. The summed E-state index contributed by atoms with van der Waals surface area (Å²) in [6.07, 6.45) is 0.803. The molecule has 2 aromatic carbocycles. The molecule has 0 N–H and O–H groups in total. The number of para-hydroxylation sites is 1. The van der Waals surface area contributed by atoms with Gasteiger partial charge in [0, 0.05) is 16.7 Å². The molecule has 2 heterocycles. The molecule has 0 amide bonds. The zero-order chi connectivity index (χ0) is 14.9. The number of nitrogens with zero attached hydrogens (tertiary/aromatic N) is 2. The van der Waals surface area contributed by atoms with E-state index in [0.717, 1.165) is 44.2 Å². The minimum atomic E-state index is 0.771. The summed E-state index contributed by atoms with van der Waals surface area (Å²) >= 11 is 1.62. The predicted octanol–water partition coefficient (Wildman–Crippen LogP) is 5.09. The maximum atomic E-state index is 6.01. The van der Waals surface area contributed by atoms with Crippen molar-refractivity contribution in [2.24, 2.45) is 0 Å². The summed E-state index contributed by atoms with van der Waals surface area (Å²) in [4.78, 5) is 10.5. The summed E-state index contributed by atoms with van der Waals surface area (Å²) in [5.41, 5.74) is 2.53. The van der Waals surface area contributed by atoms with Crippen LogP contribution >= 0.6 is 11.8 Å². The van der Waals surface area contributed by atoms with Crippen molar-refractivity contribution in [3.8, 4) is 0 Å². The van der Waals surface area contributed by atoms with Gasteiger partial charge in [0.15, 0.2) is 5.58 Å². The Kier molecular flexibility index (Phi) is 3.31. The molecule has 3 nitrogen and oxygen atoms in total. The minimum absolute atomic E-state index is 0.771. The van der Waals surface area contributed by atoms with E-state index < -0.39 is 0 Å². The van der Waals surface area contributed by atoms with Gasteiger partial charge in [-0.05, 0) is 24.3 Å². The molecule has 2 aromatic heterocycles. The van der Waals surface area contributed by atoms with Crippen LogP contribution in [0, 0.1) is 0 Å². The first-order chi connectivity index (χ1) is 10.8. The lowest BCUT2D eigenvalue weighted by Crippen LogP contribution is -1.94. The van der Waals surface area contributed by atoms with E-state index >= 15 is 0 Å². The van der Waals surface area contributed by atoms with E-state index in [4.69, 9.17) is 4.42 Å². The van der Waals surface area contributed by atoms with Crippen molar-refractivity contribution < 1.29 is 4.42 Å². The second kappa shape index (κ2) is 5.46. The molecule has 0 fully saturated rings. The van der Waals surface area contributed by atoms with Crippen LogP contribution in [0.4, 0.5) is 0 Å². The van der Waals surface area contributed by atoms with E-state index in [-0.39, 0.29) is 0 Å². The number of rotatable bonds is 3. The first-order valence-electron chi connectivity index (χ1n) is 7.26. The Balaban J connectivity index is 1.96. The van der Waals surface area contributed by atoms with Gasteiger partial charge in [0.25, 0.3) is 0 Å². The fraction of sp³-hybridized carbons (Fsp3) is 0.111. The van der Waals surface area contributed by atoms with Crippen molar-refractivity contribution in [1.29, 1.82) is 0 Å². The van der Waals surface area contributed by atoms with E-state index in [1.807, 2.05) is 42.5 Å². The lowest BCUT2D eigenvalue weighted by atomic mass is 10.2. The van der Waals surface area contributed by atoms with Crippen LogP contribution in [-0.4, -0.2) is 9.97 Å². The average Bonchev–Trinajstić information content (AvgIpc) is 2.95. The lowest BCUT2D eigenvalue weighted by molar-refractivity contribution is 0.651.